The van der Waals surface area contributed by atoms with Crippen LogP contribution in [0.2, 0.25) is 0 Å². The predicted octanol–water partition coefficient (Wildman–Crippen LogP) is 4.62. The van der Waals surface area contributed by atoms with Gasteiger partial charge in [-0.05, 0) is 24.3 Å². The maximum Gasteiger partial charge on any atom is 0.354 e. The zero-order valence-electron chi connectivity index (χ0n) is 16.3. The van der Waals surface area contributed by atoms with Gasteiger partial charge >= 0.3 is 5.97 Å². The van der Waals surface area contributed by atoms with E-state index < -0.39 is 11.4 Å². The molecule has 0 aliphatic heterocycles. The van der Waals surface area contributed by atoms with Crippen LogP contribution in [-0.4, -0.2) is 21.0 Å². The largest absolute Gasteiger partial charge is 0.477 e. The minimum Gasteiger partial charge on any atom is -0.477 e. The van der Waals surface area contributed by atoms with Gasteiger partial charge < -0.3 is 5.11 Å². The molecular formula is C23H23N2O2Pt-. The predicted molar refractivity (Wildman–Crippen MR) is 105 cm³/mol. The van der Waals surface area contributed by atoms with E-state index in [1.807, 2.05) is 50.2 Å². The van der Waals surface area contributed by atoms with E-state index in [-0.39, 0.29) is 32.2 Å². The zero-order valence-corrected chi connectivity index (χ0v) is 18.6. The molecule has 1 N–H and O–H groups in total. The first-order valence-electron chi connectivity index (χ1n) is 8.88. The molecule has 148 valence electrons. The molecule has 0 bridgehead atoms. The van der Waals surface area contributed by atoms with Crippen molar-refractivity contribution >= 4 is 5.97 Å². The van der Waals surface area contributed by atoms with E-state index in [9.17, 15) is 9.90 Å². The molecule has 0 atom stereocenters. The maximum absolute atomic E-state index is 11.3. The van der Waals surface area contributed by atoms with E-state index in [1.54, 1.807) is 12.3 Å². The Balaban J connectivity index is 0.00000280. The van der Waals surface area contributed by atoms with Gasteiger partial charge in [-0.25, -0.2) is 9.78 Å². The first-order chi connectivity index (χ1) is 12.7. The van der Waals surface area contributed by atoms with Gasteiger partial charge in [0.2, 0.25) is 0 Å². The minimum absolute atomic E-state index is 0. The normalized spacial score (nSPS) is 11.6. The maximum atomic E-state index is 11.3. The molecule has 0 aliphatic carbocycles. The number of hydrogen-bond acceptors (Lipinski definition) is 3. The Labute approximate surface area is 180 Å². The third kappa shape index (κ3) is 4.23. The van der Waals surface area contributed by atoms with Gasteiger partial charge in [0.15, 0.2) is 0 Å². The number of carbonyl (C=O) groups is 1. The Morgan fingerprint density at radius 1 is 0.857 bits per heavy atom. The van der Waals surface area contributed by atoms with E-state index in [1.165, 1.54) is 6.07 Å². The van der Waals surface area contributed by atoms with Crippen molar-refractivity contribution in [3.63, 3.8) is 0 Å². The summed E-state index contributed by atoms with van der Waals surface area (Å²) < 4.78 is 0. The molecule has 0 spiro atoms. The standard InChI is InChI=1S/C23H23N2O2.Pt/c1-22(2,19-12-5-6-14-24-19)16-9-7-10-17(15-16)23(3,4)20-13-8-11-18(25-20)21(26)27;/h5-14H,1-4H3,(H,26,27);/q-1;. The summed E-state index contributed by atoms with van der Waals surface area (Å²) >= 11 is 0. The van der Waals surface area contributed by atoms with Crippen LogP contribution < -0.4 is 0 Å². The monoisotopic (exact) mass is 554 g/mol. The quantitative estimate of drug-likeness (QED) is 0.468. The minimum atomic E-state index is -1.03. The number of benzene rings is 1. The van der Waals surface area contributed by atoms with Crippen LogP contribution in [0.3, 0.4) is 0 Å². The van der Waals surface area contributed by atoms with Crippen LogP contribution in [0.5, 0.6) is 0 Å². The van der Waals surface area contributed by atoms with E-state index in [2.05, 4.69) is 35.9 Å². The molecule has 0 radical (unpaired) electrons. The third-order valence-corrected chi connectivity index (χ3v) is 5.06. The Morgan fingerprint density at radius 2 is 1.43 bits per heavy atom. The van der Waals surface area contributed by atoms with Crippen molar-refractivity contribution in [2.24, 2.45) is 0 Å². The third-order valence-electron chi connectivity index (χ3n) is 5.06. The van der Waals surface area contributed by atoms with E-state index in [0.717, 1.165) is 16.8 Å². The van der Waals surface area contributed by atoms with Crippen molar-refractivity contribution in [2.45, 2.75) is 38.5 Å². The fourth-order valence-corrected chi connectivity index (χ4v) is 3.11. The summed E-state index contributed by atoms with van der Waals surface area (Å²) in [7, 11) is 0. The molecule has 2 aromatic heterocycles. The van der Waals surface area contributed by atoms with Gasteiger partial charge in [-0.15, -0.1) is 0 Å². The summed E-state index contributed by atoms with van der Waals surface area (Å²) in [4.78, 5) is 20.1. The summed E-state index contributed by atoms with van der Waals surface area (Å²) in [6, 6.07) is 20.6. The number of carboxylic acid groups (broad SMARTS) is 1. The van der Waals surface area contributed by atoms with Crippen molar-refractivity contribution in [1.29, 1.82) is 0 Å². The van der Waals surface area contributed by atoms with Gasteiger partial charge in [0, 0.05) is 49.5 Å². The van der Waals surface area contributed by atoms with Crippen LogP contribution in [-0.2, 0) is 31.9 Å². The van der Waals surface area contributed by atoms with Crippen LogP contribution in [0.25, 0.3) is 0 Å². The summed E-state index contributed by atoms with van der Waals surface area (Å²) in [6.45, 7) is 8.32. The fourth-order valence-electron chi connectivity index (χ4n) is 3.11. The Bertz CT molecular complexity index is 969. The molecule has 2 heterocycles. The number of nitrogens with zero attached hydrogens (tertiary/aromatic N) is 2. The number of rotatable bonds is 5. The molecule has 0 saturated heterocycles. The SMILES string of the molecule is CC(C)(c1[c-]c(C(C)(C)c2cccc(C(=O)O)n2)ccc1)c1ccccn1.[Pt]. The van der Waals surface area contributed by atoms with Gasteiger partial charge in [-0.3, -0.25) is 4.98 Å². The molecule has 1 aromatic carbocycles. The topological polar surface area (TPSA) is 63.1 Å². The second-order valence-corrected chi connectivity index (χ2v) is 7.66. The molecule has 0 unspecified atom stereocenters. The van der Waals surface area contributed by atoms with Gasteiger partial charge in [0.25, 0.3) is 0 Å². The first kappa shape index (κ1) is 22.0. The summed E-state index contributed by atoms with van der Waals surface area (Å²) in [5.74, 6) is -1.03. The van der Waals surface area contributed by atoms with Gasteiger partial charge in [0.1, 0.15) is 5.69 Å². The van der Waals surface area contributed by atoms with Gasteiger partial charge in [-0.1, -0.05) is 39.8 Å². The van der Waals surface area contributed by atoms with E-state index in [4.69, 9.17) is 0 Å². The fraction of sp³-hybridized carbons (Fsp3) is 0.261. The Kier molecular flexibility index (Phi) is 6.56. The average Bonchev–Trinajstić information content (AvgIpc) is 2.69. The van der Waals surface area contributed by atoms with Crippen LogP contribution >= 0.6 is 0 Å². The molecular weight excluding hydrogens is 531 g/mol. The summed E-state index contributed by atoms with van der Waals surface area (Å²) in [6.07, 6.45) is 1.80. The van der Waals surface area contributed by atoms with Crippen molar-refractivity contribution in [1.82, 2.24) is 9.97 Å². The molecule has 28 heavy (non-hydrogen) atoms. The molecule has 5 heteroatoms. The van der Waals surface area contributed by atoms with Gasteiger partial charge in [0.05, 0.1) is 0 Å². The number of aromatic nitrogens is 2. The summed E-state index contributed by atoms with van der Waals surface area (Å²) in [5, 5.41) is 9.25. The zero-order chi connectivity index (χ0) is 19.7. The van der Waals surface area contributed by atoms with Crippen molar-refractivity contribution in [3.05, 3.63) is 95.1 Å². The molecule has 0 saturated carbocycles. The smallest absolute Gasteiger partial charge is 0.354 e. The average molecular weight is 555 g/mol. The first-order valence-corrected chi connectivity index (χ1v) is 8.88. The number of aromatic carboxylic acids is 1. The van der Waals surface area contributed by atoms with Crippen molar-refractivity contribution in [3.8, 4) is 0 Å². The van der Waals surface area contributed by atoms with Crippen LogP contribution in [0.1, 0.15) is 60.7 Å². The summed E-state index contributed by atoms with van der Waals surface area (Å²) in [5.41, 5.74) is 2.92. The Hall–Kier alpha value is -2.32. The van der Waals surface area contributed by atoms with E-state index in [0.29, 0.717) is 5.69 Å². The van der Waals surface area contributed by atoms with Crippen molar-refractivity contribution < 1.29 is 31.0 Å². The number of hydrogen-bond donors (Lipinski definition) is 1. The molecule has 0 fully saturated rings. The second kappa shape index (κ2) is 8.36. The number of carboxylic acids is 1. The second-order valence-electron chi connectivity index (χ2n) is 7.66. The van der Waals surface area contributed by atoms with E-state index >= 15 is 0 Å². The number of pyridine rings is 2. The van der Waals surface area contributed by atoms with Crippen molar-refractivity contribution in [2.75, 3.05) is 0 Å². The van der Waals surface area contributed by atoms with Crippen LogP contribution in [0.15, 0.2) is 60.8 Å². The molecule has 3 rings (SSSR count). The molecule has 4 nitrogen and oxygen atoms in total. The Morgan fingerprint density at radius 3 is 2.00 bits per heavy atom. The molecule has 3 aromatic rings. The van der Waals surface area contributed by atoms with Crippen LogP contribution in [0.4, 0.5) is 0 Å². The molecule has 0 aliphatic rings. The molecule has 0 amide bonds. The van der Waals surface area contributed by atoms with Crippen LogP contribution in [0, 0.1) is 6.07 Å². The van der Waals surface area contributed by atoms with Gasteiger partial charge in [-0.2, -0.15) is 35.4 Å².